The van der Waals surface area contributed by atoms with E-state index in [1.807, 2.05) is 45.0 Å². The molecule has 30 heavy (non-hydrogen) atoms. The first kappa shape index (κ1) is 20.3. The predicted octanol–water partition coefficient (Wildman–Crippen LogP) is 5.35. The van der Waals surface area contributed by atoms with Gasteiger partial charge in [-0.25, -0.2) is 4.98 Å². The number of anilines is 1. The van der Waals surface area contributed by atoms with E-state index in [1.54, 1.807) is 24.3 Å². The van der Waals surface area contributed by atoms with Gasteiger partial charge in [-0.05, 0) is 50.6 Å². The second kappa shape index (κ2) is 7.70. The number of nitrogens with zero attached hydrogens (tertiary/aromatic N) is 2. The van der Waals surface area contributed by atoms with Gasteiger partial charge in [0, 0.05) is 15.5 Å². The van der Waals surface area contributed by atoms with Crippen molar-refractivity contribution in [1.29, 1.82) is 0 Å². The molecule has 1 atom stereocenters. The zero-order chi connectivity index (χ0) is 21.6. The summed E-state index contributed by atoms with van der Waals surface area (Å²) in [5.74, 6) is -1.67. The van der Waals surface area contributed by atoms with Crippen molar-refractivity contribution in [2.24, 2.45) is 0 Å². The first-order chi connectivity index (χ1) is 14.3. The van der Waals surface area contributed by atoms with E-state index in [9.17, 15) is 14.7 Å². The average molecular weight is 439 g/mol. The molecule has 152 valence electrons. The van der Waals surface area contributed by atoms with Gasteiger partial charge in [0.2, 0.25) is 0 Å². The summed E-state index contributed by atoms with van der Waals surface area (Å²) in [6.07, 6.45) is 0. The maximum absolute atomic E-state index is 13.1. The van der Waals surface area contributed by atoms with Gasteiger partial charge in [0.1, 0.15) is 5.76 Å². The molecular formula is C23H19ClN2O3S. The SMILES string of the molecule is Cc1ccc(C2C(=C(O)c3ccc(Cl)cc3)C(=O)C(=O)N2c2nc(C)c(C)s2)cc1. The highest BCUT2D eigenvalue weighted by Gasteiger charge is 2.48. The molecule has 0 saturated carbocycles. The Bertz CT molecular complexity index is 1160. The van der Waals surface area contributed by atoms with Crippen LogP contribution >= 0.6 is 22.9 Å². The van der Waals surface area contributed by atoms with Gasteiger partial charge in [-0.3, -0.25) is 14.5 Å². The molecule has 0 bridgehead atoms. The number of halogens is 1. The van der Waals surface area contributed by atoms with Gasteiger partial charge < -0.3 is 5.11 Å². The molecule has 5 nitrogen and oxygen atoms in total. The number of aryl methyl sites for hydroxylation is 3. The van der Waals surface area contributed by atoms with Crippen LogP contribution in [0.1, 0.15) is 33.3 Å². The number of hydrogen-bond donors (Lipinski definition) is 1. The molecule has 7 heteroatoms. The molecule has 1 aliphatic heterocycles. The predicted molar refractivity (Wildman–Crippen MR) is 119 cm³/mol. The van der Waals surface area contributed by atoms with Gasteiger partial charge in [0.05, 0.1) is 17.3 Å². The number of Topliss-reactive ketones (excluding diaryl/α,β-unsaturated/α-hetero) is 1. The molecule has 1 saturated heterocycles. The molecular weight excluding hydrogens is 420 g/mol. The zero-order valence-electron chi connectivity index (χ0n) is 16.6. The molecule has 1 N–H and O–H groups in total. The number of rotatable bonds is 3. The molecule has 3 aromatic rings. The second-order valence-electron chi connectivity index (χ2n) is 7.22. The standard InChI is InChI=1S/C23H19ClN2O3S/c1-12-4-6-15(7-5-12)19-18(20(27)16-8-10-17(24)11-9-16)21(28)22(29)26(19)23-25-13(2)14(3)30-23/h4-11,19,27H,1-3H3. The summed E-state index contributed by atoms with van der Waals surface area (Å²) in [6, 6.07) is 13.3. The number of aromatic nitrogens is 1. The molecule has 1 fully saturated rings. The Morgan fingerprint density at radius 1 is 1.03 bits per heavy atom. The van der Waals surface area contributed by atoms with Crippen molar-refractivity contribution in [2.75, 3.05) is 4.90 Å². The summed E-state index contributed by atoms with van der Waals surface area (Å²) < 4.78 is 0. The number of benzene rings is 2. The van der Waals surface area contributed by atoms with Crippen LogP contribution < -0.4 is 4.90 Å². The van der Waals surface area contributed by atoms with Gasteiger partial charge in [0.25, 0.3) is 5.78 Å². The number of thiazole rings is 1. The number of carbonyl (C=O) groups is 2. The van der Waals surface area contributed by atoms with Crippen molar-refractivity contribution in [1.82, 2.24) is 4.98 Å². The molecule has 0 spiro atoms. The second-order valence-corrected chi connectivity index (χ2v) is 8.84. The molecule has 2 heterocycles. The van der Waals surface area contributed by atoms with Crippen molar-refractivity contribution in [3.63, 3.8) is 0 Å². The quantitative estimate of drug-likeness (QED) is 0.340. The van der Waals surface area contributed by atoms with Crippen molar-refractivity contribution < 1.29 is 14.7 Å². The number of carbonyl (C=O) groups excluding carboxylic acids is 2. The first-order valence-electron chi connectivity index (χ1n) is 9.35. The topological polar surface area (TPSA) is 70.5 Å². The van der Waals surface area contributed by atoms with Gasteiger partial charge in [0.15, 0.2) is 5.13 Å². The van der Waals surface area contributed by atoms with Crippen LogP contribution in [0.25, 0.3) is 5.76 Å². The monoisotopic (exact) mass is 438 g/mol. The van der Waals surface area contributed by atoms with Gasteiger partial charge in [-0.1, -0.05) is 41.4 Å². The zero-order valence-corrected chi connectivity index (χ0v) is 18.2. The molecule has 2 aromatic carbocycles. The van der Waals surface area contributed by atoms with Gasteiger partial charge >= 0.3 is 5.91 Å². The lowest BCUT2D eigenvalue weighted by atomic mass is 9.95. The van der Waals surface area contributed by atoms with E-state index in [-0.39, 0.29) is 11.3 Å². The number of hydrogen-bond acceptors (Lipinski definition) is 5. The highest BCUT2D eigenvalue weighted by Crippen LogP contribution is 2.43. The number of aliphatic hydroxyl groups excluding tert-OH is 1. The van der Waals surface area contributed by atoms with Crippen LogP contribution in [-0.2, 0) is 9.59 Å². The minimum atomic E-state index is -0.772. The fourth-order valence-corrected chi connectivity index (χ4v) is 4.48. The summed E-state index contributed by atoms with van der Waals surface area (Å²) in [6.45, 7) is 5.74. The van der Waals surface area contributed by atoms with Crippen LogP contribution in [0, 0.1) is 20.8 Å². The van der Waals surface area contributed by atoms with Crippen molar-refractivity contribution >= 4 is 45.5 Å². The Morgan fingerprint density at radius 3 is 2.23 bits per heavy atom. The minimum Gasteiger partial charge on any atom is -0.507 e. The first-order valence-corrected chi connectivity index (χ1v) is 10.5. The molecule has 4 rings (SSSR count). The summed E-state index contributed by atoms with van der Waals surface area (Å²) in [4.78, 5) is 33.0. The normalized spacial score (nSPS) is 18.3. The summed E-state index contributed by atoms with van der Waals surface area (Å²) in [5.41, 5.74) is 3.03. The van der Waals surface area contributed by atoms with Crippen LogP contribution in [-0.4, -0.2) is 21.8 Å². The van der Waals surface area contributed by atoms with Gasteiger partial charge in [-0.2, -0.15) is 0 Å². The average Bonchev–Trinajstić information content (AvgIpc) is 3.18. The van der Waals surface area contributed by atoms with E-state index in [2.05, 4.69) is 4.98 Å². The maximum Gasteiger partial charge on any atom is 0.301 e. The lowest BCUT2D eigenvalue weighted by molar-refractivity contribution is -0.132. The Labute approximate surface area is 183 Å². The highest BCUT2D eigenvalue weighted by molar-refractivity contribution is 7.16. The van der Waals surface area contributed by atoms with Crippen LogP contribution in [0.5, 0.6) is 0 Å². The number of aliphatic hydroxyl groups is 1. The highest BCUT2D eigenvalue weighted by atomic mass is 35.5. The lowest BCUT2D eigenvalue weighted by Gasteiger charge is -2.23. The summed E-state index contributed by atoms with van der Waals surface area (Å²) in [5, 5.41) is 12.0. The van der Waals surface area contributed by atoms with E-state index in [4.69, 9.17) is 11.6 Å². The van der Waals surface area contributed by atoms with E-state index < -0.39 is 17.7 Å². The number of amides is 1. The fourth-order valence-electron chi connectivity index (χ4n) is 3.42. The molecule has 1 amide bonds. The Kier molecular flexibility index (Phi) is 5.22. The van der Waals surface area contributed by atoms with E-state index >= 15 is 0 Å². The Morgan fingerprint density at radius 2 is 1.67 bits per heavy atom. The molecule has 1 aliphatic rings. The van der Waals surface area contributed by atoms with Crippen LogP contribution in [0.3, 0.4) is 0 Å². The summed E-state index contributed by atoms with van der Waals surface area (Å²) >= 11 is 7.30. The Balaban J connectivity index is 1.94. The van der Waals surface area contributed by atoms with E-state index in [0.29, 0.717) is 15.7 Å². The van der Waals surface area contributed by atoms with Crippen molar-refractivity contribution in [3.05, 3.63) is 86.4 Å². The summed E-state index contributed by atoms with van der Waals surface area (Å²) in [7, 11) is 0. The van der Waals surface area contributed by atoms with Crippen LogP contribution in [0.2, 0.25) is 5.02 Å². The van der Waals surface area contributed by atoms with Gasteiger partial charge in [-0.15, -0.1) is 11.3 Å². The minimum absolute atomic E-state index is 0.0386. The third-order valence-corrected chi connectivity index (χ3v) is 6.50. The smallest absolute Gasteiger partial charge is 0.301 e. The third kappa shape index (κ3) is 3.42. The van der Waals surface area contributed by atoms with Crippen LogP contribution in [0.15, 0.2) is 54.1 Å². The van der Waals surface area contributed by atoms with Crippen LogP contribution in [0.4, 0.5) is 5.13 Å². The fraction of sp³-hybridized carbons (Fsp3) is 0.174. The Hall–Kier alpha value is -2.96. The maximum atomic E-state index is 13.1. The third-order valence-electron chi connectivity index (χ3n) is 5.18. The molecule has 1 unspecified atom stereocenters. The lowest BCUT2D eigenvalue weighted by Crippen LogP contribution is -2.29. The largest absolute Gasteiger partial charge is 0.507 e. The molecule has 1 aromatic heterocycles. The van der Waals surface area contributed by atoms with E-state index in [0.717, 1.165) is 21.7 Å². The number of ketones is 1. The van der Waals surface area contributed by atoms with E-state index in [1.165, 1.54) is 16.2 Å². The molecule has 0 aliphatic carbocycles. The van der Waals surface area contributed by atoms with Crippen molar-refractivity contribution in [3.8, 4) is 0 Å². The van der Waals surface area contributed by atoms with Crippen molar-refractivity contribution in [2.45, 2.75) is 26.8 Å². The molecule has 0 radical (unpaired) electrons.